The zero-order valence-electron chi connectivity index (χ0n) is 7.59. The van der Waals surface area contributed by atoms with Crippen LogP contribution in [0.2, 0.25) is 0 Å². The van der Waals surface area contributed by atoms with Crippen molar-refractivity contribution >= 4 is 5.78 Å². The van der Waals surface area contributed by atoms with Crippen LogP contribution >= 0.6 is 0 Å². The summed E-state index contributed by atoms with van der Waals surface area (Å²) in [6.07, 6.45) is 6.38. The molecule has 70 valence electrons. The Hall–Kier alpha value is -1.83. The number of hydrogen-bond donors (Lipinski definition) is 0. The van der Waals surface area contributed by atoms with E-state index in [1.165, 1.54) is 6.26 Å². The molecule has 1 aliphatic rings. The van der Waals surface area contributed by atoms with Crippen LogP contribution in [0, 0.1) is 0 Å². The SMILES string of the molecule is O=C(c1ccccc1)C1C=CC=CO1. The fourth-order valence-corrected chi connectivity index (χ4v) is 1.30. The first-order valence-corrected chi connectivity index (χ1v) is 4.46. The van der Waals surface area contributed by atoms with Gasteiger partial charge in [0.05, 0.1) is 6.26 Å². The van der Waals surface area contributed by atoms with Crippen molar-refractivity contribution < 1.29 is 9.53 Å². The molecule has 1 atom stereocenters. The van der Waals surface area contributed by atoms with Gasteiger partial charge in [-0.1, -0.05) is 36.4 Å². The zero-order valence-corrected chi connectivity index (χ0v) is 7.59. The largest absolute Gasteiger partial charge is 0.486 e. The molecule has 1 unspecified atom stereocenters. The molecule has 0 amide bonds. The van der Waals surface area contributed by atoms with E-state index in [1.807, 2.05) is 24.3 Å². The fraction of sp³-hybridized carbons (Fsp3) is 0.0833. The highest BCUT2D eigenvalue weighted by Gasteiger charge is 2.17. The van der Waals surface area contributed by atoms with Gasteiger partial charge in [0.15, 0.2) is 6.10 Å². The number of hydrogen-bond acceptors (Lipinski definition) is 2. The highest BCUT2D eigenvalue weighted by Crippen LogP contribution is 2.10. The summed E-state index contributed by atoms with van der Waals surface area (Å²) in [5.74, 6) is -0.00815. The molecule has 0 bridgehead atoms. The van der Waals surface area contributed by atoms with E-state index in [4.69, 9.17) is 4.74 Å². The lowest BCUT2D eigenvalue weighted by molar-refractivity contribution is 0.0785. The summed E-state index contributed by atoms with van der Waals surface area (Å²) in [6, 6.07) is 9.15. The van der Waals surface area contributed by atoms with Crippen LogP contribution < -0.4 is 0 Å². The Morgan fingerprint density at radius 2 is 1.93 bits per heavy atom. The summed E-state index contributed by atoms with van der Waals surface area (Å²) in [6.45, 7) is 0. The second-order valence-corrected chi connectivity index (χ2v) is 3.00. The van der Waals surface area contributed by atoms with Crippen molar-refractivity contribution in [1.29, 1.82) is 0 Å². The number of carbonyl (C=O) groups is 1. The molecule has 14 heavy (non-hydrogen) atoms. The second kappa shape index (κ2) is 3.92. The predicted octanol–water partition coefficient (Wildman–Crippen LogP) is 2.34. The predicted molar refractivity (Wildman–Crippen MR) is 53.9 cm³/mol. The molecule has 1 aromatic carbocycles. The molecule has 1 heterocycles. The molecule has 2 rings (SSSR count). The van der Waals surface area contributed by atoms with E-state index >= 15 is 0 Å². The molecule has 0 radical (unpaired) electrons. The third kappa shape index (κ3) is 1.74. The van der Waals surface area contributed by atoms with Crippen molar-refractivity contribution in [2.75, 3.05) is 0 Å². The number of ether oxygens (including phenoxy) is 1. The van der Waals surface area contributed by atoms with Crippen molar-refractivity contribution in [3.63, 3.8) is 0 Å². The van der Waals surface area contributed by atoms with Crippen LogP contribution in [0.4, 0.5) is 0 Å². The molecular weight excluding hydrogens is 176 g/mol. The van der Waals surface area contributed by atoms with Crippen LogP contribution in [0.3, 0.4) is 0 Å². The summed E-state index contributed by atoms with van der Waals surface area (Å²) in [5.41, 5.74) is 0.678. The van der Waals surface area contributed by atoms with E-state index in [0.717, 1.165) is 0 Å². The van der Waals surface area contributed by atoms with Gasteiger partial charge in [-0.2, -0.15) is 0 Å². The Balaban J connectivity index is 2.17. The summed E-state index contributed by atoms with van der Waals surface area (Å²) in [4.78, 5) is 11.8. The Kier molecular flexibility index (Phi) is 2.45. The lowest BCUT2D eigenvalue weighted by Gasteiger charge is -2.13. The topological polar surface area (TPSA) is 26.3 Å². The van der Waals surface area contributed by atoms with Crippen molar-refractivity contribution in [3.05, 3.63) is 60.4 Å². The molecule has 2 nitrogen and oxygen atoms in total. The van der Waals surface area contributed by atoms with Crippen LogP contribution in [0.15, 0.2) is 54.8 Å². The van der Waals surface area contributed by atoms with E-state index in [1.54, 1.807) is 24.3 Å². The first-order chi connectivity index (χ1) is 6.88. The van der Waals surface area contributed by atoms with E-state index in [-0.39, 0.29) is 5.78 Å². The third-order valence-electron chi connectivity index (χ3n) is 2.02. The van der Waals surface area contributed by atoms with Crippen molar-refractivity contribution in [3.8, 4) is 0 Å². The zero-order chi connectivity index (χ0) is 9.80. The van der Waals surface area contributed by atoms with Gasteiger partial charge in [-0.15, -0.1) is 0 Å². The van der Waals surface area contributed by atoms with Gasteiger partial charge in [0.2, 0.25) is 5.78 Å². The maximum absolute atomic E-state index is 11.8. The molecule has 0 spiro atoms. The Labute approximate surface area is 82.5 Å². The summed E-state index contributed by atoms with van der Waals surface area (Å²) >= 11 is 0. The summed E-state index contributed by atoms with van der Waals surface area (Å²) < 4.78 is 5.18. The normalized spacial score (nSPS) is 19.0. The van der Waals surface area contributed by atoms with Crippen LogP contribution in [-0.2, 0) is 4.74 Å². The molecule has 1 aliphatic heterocycles. The first kappa shape index (κ1) is 8.75. The minimum absolute atomic E-state index is 0.00815. The Bertz CT molecular complexity index is 377. The van der Waals surface area contributed by atoms with Crippen molar-refractivity contribution in [2.24, 2.45) is 0 Å². The van der Waals surface area contributed by atoms with Gasteiger partial charge in [0.1, 0.15) is 0 Å². The lowest BCUT2D eigenvalue weighted by atomic mass is 10.1. The van der Waals surface area contributed by atoms with Gasteiger partial charge in [0, 0.05) is 5.56 Å². The van der Waals surface area contributed by atoms with Crippen LogP contribution in [0.5, 0.6) is 0 Å². The van der Waals surface area contributed by atoms with Gasteiger partial charge < -0.3 is 4.74 Å². The molecular formula is C12H10O2. The van der Waals surface area contributed by atoms with E-state index in [0.29, 0.717) is 5.56 Å². The van der Waals surface area contributed by atoms with Crippen LogP contribution in [-0.4, -0.2) is 11.9 Å². The number of benzene rings is 1. The van der Waals surface area contributed by atoms with Gasteiger partial charge in [-0.25, -0.2) is 0 Å². The van der Waals surface area contributed by atoms with Crippen molar-refractivity contribution in [1.82, 2.24) is 0 Å². The number of Topliss-reactive ketones (excluding diaryl/α,β-unsaturated/α-hetero) is 1. The van der Waals surface area contributed by atoms with Crippen LogP contribution in [0.1, 0.15) is 10.4 Å². The number of rotatable bonds is 2. The molecule has 2 heteroatoms. The molecule has 1 aromatic rings. The molecule has 0 fully saturated rings. The Morgan fingerprint density at radius 1 is 1.14 bits per heavy atom. The summed E-state index contributed by atoms with van der Waals surface area (Å²) in [5, 5.41) is 0. The lowest BCUT2D eigenvalue weighted by Crippen LogP contribution is -2.21. The van der Waals surface area contributed by atoms with Gasteiger partial charge in [-0.3, -0.25) is 4.79 Å². The van der Waals surface area contributed by atoms with Crippen LogP contribution in [0.25, 0.3) is 0 Å². The van der Waals surface area contributed by atoms with E-state index in [9.17, 15) is 4.79 Å². The van der Waals surface area contributed by atoms with Gasteiger partial charge in [0.25, 0.3) is 0 Å². The van der Waals surface area contributed by atoms with Crippen molar-refractivity contribution in [2.45, 2.75) is 6.10 Å². The average molecular weight is 186 g/mol. The molecule has 0 N–H and O–H groups in total. The highest BCUT2D eigenvalue weighted by molar-refractivity contribution is 6.00. The summed E-state index contributed by atoms with van der Waals surface area (Å²) in [7, 11) is 0. The second-order valence-electron chi connectivity index (χ2n) is 3.00. The van der Waals surface area contributed by atoms with Gasteiger partial charge in [-0.05, 0) is 12.2 Å². The fourth-order valence-electron chi connectivity index (χ4n) is 1.30. The monoisotopic (exact) mass is 186 g/mol. The molecule has 0 aromatic heterocycles. The third-order valence-corrected chi connectivity index (χ3v) is 2.02. The smallest absolute Gasteiger partial charge is 0.207 e. The number of allylic oxidation sites excluding steroid dienone is 2. The minimum atomic E-state index is -0.470. The minimum Gasteiger partial charge on any atom is -0.486 e. The maximum Gasteiger partial charge on any atom is 0.207 e. The van der Waals surface area contributed by atoms with E-state index < -0.39 is 6.10 Å². The quantitative estimate of drug-likeness (QED) is 0.662. The highest BCUT2D eigenvalue weighted by atomic mass is 16.5. The molecule has 0 saturated carbocycles. The number of ketones is 1. The number of carbonyl (C=O) groups excluding carboxylic acids is 1. The molecule has 0 saturated heterocycles. The molecule has 0 aliphatic carbocycles. The first-order valence-electron chi connectivity index (χ1n) is 4.46. The Morgan fingerprint density at radius 3 is 2.57 bits per heavy atom. The average Bonchev–Trinajstić information content (AvgIpc) is 2.30. The van der Waals surface area contributed by atoms with E-state index in [2.05, 4.69) is 0 Å². The van der Waals surface area contributed by atoms with Gasteiger partial charge >= 0.3 is 0 Å². The maximum atomic E-state index is 11.8. The standard InChI is InChI=1S/C12H10O2/c13-12(10-6-2-1-3-7-10)11-8-4-5-9-14-11/h1-9,11H.